The van der Waals surface area contributed by atoms with Crippen LogP contribution in [0, 0.1) is 11.2 Å². The zero-order valence-corrected chi connectivity index (χ0v) is 16.0. The van der Waals surface area contributed by atoms with Crippen molar-refractivity contribution in [3.05, 3.63) is 58.9 Å². The standard InChI is InChI=1S/C21H25ClFNO3/c1-2-21(13-25,20(26)27)12-17(24)9-5-14-3-6-15(7-4-14)18-11-16(22)8-10-19(18)23/h3-4,6-8,10-11,17,25H,2,5,9,12-13,24H2,1H3,(H,26,27)/t17-,21?/m1/s1. The van der Waals surface area contributed by atoms with Gasteiger partial charge in [0.2, 0.25) is 0 Å². The smallest absolute Gasteiger partial charge is 0.312 e. The molecular formula is C21H25ClFNO3. The summed E-state index contributed by atoms with van der Waals surface area (Å²) in [5, 5.41) is 19.3. The van der Waals surface area contributed by atoms with E-state index in [0.717, 1.165) is 11.1 Å². The Balaban J connectivity index is 2.00. The van der Waals surface area contributed by atoms with E-state index in [1.807, 2.05) is 24.3 Å². The van der Waals surface area contributed by atoms with Crippen molar-refractivity contribution in [2.75, 3.05) is 6.61 Å². The lowest BCUT2D eigenvalue weighted by molar-refractivity contribution is -0.152. The molecule has 2 aromatic carbocycles. The van der Waals surface area contributed by atoms with Gasteiger partial charge in [-0.2, -0.15) is 0 Å². The largest absolute Gasteiger partial charge is 0.481 e. The summed E-state index contributed by atoms with van der Waals surface area (Å²) in [5.41, 5.74) is 7.14. The Kier molecular flexibility index (Phi) is 7.36. The number of carboxylic acids is 1. The van der Waals surface area contributed by atoms with Crippen LogP contribution >= 0.6 is 11.6 Å². The van der Waals surface area contributed by atoms with E-state index in [2.05, 4.69) is 0 Å². The molecule has 0 heterocycles. The lowest BCUT2D eigenvalue weighted by atomic mass is 9.79. The van der Waals surface area contributed by atoms with Gasteiger partial charge in [-0.15, -0.1) is 0 Å². The van der Waals surface area contributed by atoms with Crippen molar-refractivity contribution in [3.63, 3.8) is 0 Å². The maximum absolute atomic E-state index is 14.0. The molecule has 4 N–H and O–H groups in total. The van der Waals surface area contributed by atoms with Crippen molar-refractivity contribution < 1.29 is 19.4 Å². The minimum absolute atomic E-state index is 0.223. The molecule has 2 rings (SSSR count). The number of hydrogen-bond acceptors (Lipinski definition) is 3. The summed E-state index contributed by atoms with van der Waals surface area (Å²) in [6.45, 7) is 1.32. The van der Waals surface area contributed by atoms with Gasteiger partial charge < -0.3 is 15.9 Å². The van der Waals surface area contributed by atoms with Crippen molar-refractivity contribution in [2.45, 2.75) is 38.6 Å². The fourth-order valence-corrected chi connectivity index (χ4v) is 3.32. The van der Waals surface area contributed by atoms with Gasteiger partial charge in [-0.1, -0.05) is 42.8 Å². The molecule has 27 heavy (non-hydrogen) atoms. The number of rotatable bonds is 9. The molecule has 2 aromatic rings. The van der Waals surface area contributed by atoms with Gasteiger partial charge in [0.25, 0.3) is 0 Å². The van der Waals surface area contributed by atoms with E-state index in [1.165, 1.54) is 12.1 Å². The van der Waals surface area contributed by atoms with E-state index in [4.69, 9.17) is 17.3 Å². The van der Waals surface area contributed by atoms with Crippen LogP contribution in [0.1, 0.15) is 31.7 Å². The molecule has 0 saturated heterocycles. The number of aliphatic hydroxyl groups excluding tert-OH is 1. The van der Waals surface area contributed by atoms with Gasteiger partial charge in [-0.25, -0.2) is 4.39 Å². The van der Waals surface area contributed by atoms with Crippen molar-refractivity contribution in [2.24, 2.45) is 11.1 Å². The summed E-state index contributed by atoms with van der Waals surface area (Å²) in [5.74, 6) is -1.35. The number of aliphatic carboxylic acids is 1. The molecule has 0 radical (unpaired) electrons. The van der Waals surface area contributed by atoms with Crippen LogP contribution < -0.4 is 5.73 Å². The van der Waals surface area contributed by atoms with E-state index < -0.39 is 18.0 Å². The number of carbonyl (C=O) groups is 1. The van der Waals surface area contributed by atoms with Gasteiger partial charge in [-0.3, -0.25) is 4.79 Å². The molecule has 0 saturated carbocycles. The highest BCUT2D eigenvalue weighted by atomic mass is 35.5. The Labute approximate surface area is 163 Å². The molecule has 0 amide bonds. The predicted octanol–water partition coefficient (Wildman–Crippen LogP) is 4.27. The third kappa shape index (κ3) is 5.28. The van der Waals surface area contributed by atoms with Crippen LogP contribution in [0.15, 0.2) is 42.5 Å². The van der Waals surface area contributed by atoms with Gasteiger partial charge in [0.05, 0.1) is 12.0 Å². The number of aliphatic hydroxyl groups is 1. The van der Waals surface area contributed by atoms with Gasteiger partial charge in [-0.05, 0) is 55.0 Å². The van der Waals surface area contributed by atoms with Crippen LogP contribution in [0.4, 0.5) is 4.39 Å². The molecule has 0 aliphatic carbocycles. The van der Waals surface area contributed by atoms with Crippen LogP contribution in [0.25, 0.3) is 11.1 Å². The first-order chi connectivity index (χ1) is 12.8. The topological polar surface area (TPSA) is 83.5 Å². The summed E-state index contributed by atoms with van der Waals surface area (Å²) in [7, 11) is 0. The highest BCUT2D eigenvalue weighted by Crippen LogP contribution is 2.29. The van der Waals surface area contributed by atoms with E-state index in [-0.39, 0.29) is 18.3 Å². The predicted molar refractivity (Wildman–Crippen MR) is 105 cm³/mol. The first kappa shape index (κ1) is 21.4. The van der Waals surface area contributed by atoms with Crippen molar-refractivity contribution in [1.82, 2.24) is 0 Å². The lowest BCUT2D eigenvalue weighted by Gasteiger charge is -2.28. The highest BCUT2D eigenvalue weighted by Gasteiger charge is 2.37. The number of nitrogens with two attached hydrogens (primary N) is 1. The van der Waals surface area contributed by atoms with E-state index >= 15 is 0 Å². The molecule has 0 bridgehead atoms. The van der Waals surface area contributed by atoms with Crippen LogP contribution in [-0.2, 0) is 11.2 Å². The minimum Gasteiger partial charge on any atom is -0.481 e. The SMILES string of the molecule is CCC(CO)(C[C@H](N)CCc1ccc(-c2cc(Cl)ccc2F)cc1)C(=O)O. The van der Waals surface area contributed by atoms with Gasteiger partial charge >= 0.3 is 5.97 Å². The molecule has 4 nitrogen and oxygen atoms in total. The summed E-state index contributed by atoms with van der Waals surface area (Å²) in [4.78, 5) is 11.5. The van der Waals surface area contributed by atoms with Gasteiger partial charge in [0, 0.05) is 16.6 Å². The van der Waals surface area contributed by atoms with Crippen LogP contribution in [0.5, 0.6) is 0 Å². The maximum Gasteiger partial charge on any atom is 0.312 e. The third-order valence-electron chi connectivity index (χ3n) is 5.08. The summed E-state index contributed by atoms with van der Waals surface area (Å²) < 4.78 is 14.0. The maximum atomic E-state index is 14.0. The first-order valence-electron chi connectivity index (χ1n) is 8.95. The minimum atomic E-state index is -1.19. The zero-order valence-electron chi connectivity index (χ0n) is 15.3. The average Bonchev–Trinajstić information content (AvgIpc) is 2.66. The molecule has 1 unspecified atom stereocenters. The molecule has 146 valence electrons. The summed E-state index contributed by atoms with van der Waals surface area (Å²) >= 11 is 5.94. The van der Waals surface area contributed by atoms with E-state index in [9.17, 15) is 19.4 Å². The molecule has 0 aromatic heterocycles. The van der Waals surface area contributed by atoms with Gasteiger partial charge in [0.1, 0.15) is 5.82 Å². The van der Waals surface area contributed by atoms with Crippen LogP contribution in [-0.4, -0.2) is 28.8 Å². The van der Waals surface area contributed by atoms with Crippen LogP contribution in [0.3, 0.4) is 0 Å². The Hall–Kier alpha value is -1.95. The highest BCUT2D eigenvalue weighted by molar-refractivity contribution is 6.30. The molecular weight excluding hydrogens is 369 g/mol. The molecule has 0 aliphatic rings. The quantitative estimate of drug-likeness (QED) is 0.594. The Bertz CT molecular complexity index is 775. The number of aryl methyl sites for hydroxylation is 1. The Morgan fingerprint density at radius 2 is 1.93 bits per heavy atom. The molecule has 6 heteroatoms. The third-order valence-corrected chi connectivity index (χ3v) is 5.32. The van der Waals surface area contributed by atoms with Crippen LogP contribution in [0.2, 0.25) is 5.02 Å². The second-order valence-corrected chi connectivity index (χ2v) is 7.36. The Morgan fingerprint density at radius 3 is 2.48 bits per heavy atom. The fourth-order valence-electron chi connectivity index (χ4n) is 3.15. The first-order valence-corrected chi connectivity index (χ1v) is 9.33. The monoisotopic (exact) mass is 393 g/mol. The zero-order chi connectivity index (χ0) is 20.0. The number of halogens is 2. The summed E-state index contributed by atoms with van der Waals surface area (Å²) in [6, 6.07) is 11.6. The molecule has 0 spiro atoms. The number of benzene rings is 2. The second kappa shape index (κ2) is 9.31. The normalized spacial score (nSPS) is 14.6. The van der Waals surface area contributed by atoms with Gasteiger partial charge in [0.15, 0.2) is 0 Å². The average molecular weight is 394 g/mol. The summed E-state index contributed by atoms with van der Waals surface area (Å²) in [6.07, 6.45) is 1.82. The molecule has 0 fully saturated rings. The second-order valence-electron chi connectivity index (χ2n) is 6.92. The Morgan fingerprint density at radius 1 is 1.26 bits per heavy atom. The fraction of sp³-hybridized carbons (Fsp3) is 0.381. The van der Waals surface area contributed by atoms with Crippen molar-refractivity contribution >= 4 is 17.6 Å². The van der Waals surface area contributed by atoms with Crippen molar-refractivity contribution in [1.29, 1.82) is 0 Å². The molecule has 0 aliphatic heterocycles. The van der Waals surface area contributed by atoms with Crippen molar-refractivity contribution in [3.8, 4) is 11.1 Å². The number of carboxylic acid groups (broad SMARTS) is 1. The van der Waals surface area contributed by atoms with E-state index in [0.29, 0.717) is 29.8 Å². The molecule has 2 atom stereocenters. The van der Waals surface area contributed by atoms with E-state index in [1.54, 1.807) is 13.0 Å². The lowest BCUT2D eigenvalue weighted by Crippen LogP contribution is -2.40. The number of hydrogen-bond donors (Lipinski definition) is 3.